The van der Waals surface area contributed by atoms with Crippen molar-refractivity contribution < 1.29 is 9.53 Å². The molecule has 144 valence electrons. The number of piperazine rings is 1. The van der Waals surface area contributed by atoms with Crippen molar-refractivity contribution in [3.63, 3.8) is 0 Å². The number of likely N-dealkylation sites (N-methyl/N-ethyl adjacent to an activating group) is 1. The average molecular weight is 368 g/mol. The second-order valence-electron chi connectivity index (χ2n) is 6.77. The van der Waals surface area contributed by atoms with Gasteiger partial charge in [0.1, 0.15) is 5.56 Å². The van der Waals surface area contributed by atoms with Crippen LogP contribution in [-0.2, 0) is 13.1 Å². The van der Waals surface area contributed by atoms with Gasteiger partial charge in [-0.15, -0.1) is 0 Å². The normalized spacial score (nSPS) is 15.5. The number of nitrogens with one attached hydrogen (secondary N) is 1. The molecule has 27 heavy (non-hydrogen) atoms. The summed E-state index contributed by atoms with van der Waals surface area (Å²) < 4.78 is 5.14. The van der Waals surface area contributed by atoms with Crippen molar-refractivity contribution in [1.29, 1.82) is 0 Å². The van der Waals surface area contributed by atoms with E-state index < -0.39 is 0 Å². The van der Waals surface area contributed by atoms with E-state index in [-0.39, 0.29) is 5.91 Å². The fourth-order valence-electron chi connectivity index (χ4n) is 3.29. The lowest BCUT2D eigenvalue weighted by Gasteiger charge is -2.34. The Bertz CT molecular complexity index is 740. The molecule has 6 heteroatoms. The highest BCUT2D eigenvalue weighted by Crippen LogP contribution is 2.14. The predicted molar refractivity (Wildman–Crippen MR) is 106 cm³/mol. The lowest BCUT2D eigenvalue weighted by atomic mass is 10.1. The van der Waals surface area contributed by atoms with Gasteiger partial charge >= 0.3 is 0 Å². The van der Waals surface area contributed by atoms with Gasteiger partial charge in [0, 0.05) is 45.5 Å². The van der Waals surface area contributed by atoms with Crippen LogP contribution in [-0.4, -0.2) is 60.5 Å². The molecule has 6 nitrogen and oxygen atoms in total. The molecular weight excluding hydrogens is 340 g/mol. The summed E-state index contributed by atoms with van der Waals surface area (Å²) in [4.78, 5) is 21.4. The number of ether oxygens (including phenoxy) is 1. The van der Waals surface area contributed by atoms with Gasteiger partial charge in [0.05, 0.1) is 7.11 Å². The molecule has 0 unspecified atom stereocenters. The van der Waals surface area contributed by atoms with Gasteiger partial charge in [-0.25, -0.2) is 4.98 Å². The molecule has 1 aliphatic rings. The first-order chi connectivity index (χ1) is 13.2. The van der Waals surface area contributed by atoms with Crippen LogP contribution in [0.5, 0.6) is 5.88 Å². The standard InChI is InChI=1S/C21H28N4O2/c1-3-24-11-13-25(14-12-24)16-18-8-6-17(7-9-18)15-23-20(26)19-5-4-10-22-21(19)27-2/h4-10H,3,11-16H2,1-2H3,(H,23,26). The molecule has 0 saturated carbocycles. The summed E-state index contributed by atoms with van der Waals surface area (Å²) in [6.07, 6.45) is 1.61. The molecular formula is C21H28N4O2. The third-order valence-corrected chi connectivity index (χ3v) is 5.00. The first-order valence-corrected chi connectivity index (χ1v) is 9.49. The van der Waals surface area contributed by atoms with Gasteiger partial charge in [0.15, 0.2) is 0 Å². The summed E-state index contributed by atoms with van der Waals surface area (Å²) in [6.45, 7) is 9.37. The van der Waals surface area contributed by atoms with E-state index >= 15 is 0 Å². The molecule has 0 radical (unpaired) electrons. The molecule has 0 aliphatic carbocycles. The number of pyridine rings is 1. The van der Waals surface area contributed by atoms with Crippen LogP contribution >= 0.6 is 0 Å². The number of rotatable bonds is 7. The Labute approximate surface area is 161 Å². The Morgan fingerprint density at radius 3 is 2.41 bits per heavy atom. The Kier molecular flexibility index (Phi) is 6.79. The zero-order valence-electron chi connectivity index (χ0n) is 16.1. The quantitative estimate of drug-likeness (QED) is 0.812. The SMILES string of the molecule is CCN1CCN(Cc2ccc(CNC(=O)c3cccnc3OC)cc2)CC1. The Hall–Kier alpha value is -2.44. The van der Waals surface area contributed by atoms with Gasteiger partial charge in [-0.2, -0.15) is 0 Å². The highest BCUT2D eigenvalue weighted by molar-refractivity contribution is 5.96. The number of carbonyl (C=O) groups excluding carboxylic acids is 1. The zero-order chi connectivity index (χ0) is 19.1. The number of amides is 1. The molecule has 1 amide bonds. The molecule has 3 rings (SSSR count). The summed E-state index contributed by atoms with van der Waals surface area (Å²) >= 11 is 0. The topological polar surface area (TPSA) is 57.7 Å². The highest BCUT2D eigenvalue weighted by atomic mass is 16.5. The molecule has 0 bridgehead atoms. The van der Waals surface area contributed by atoms with Crippen molar-refractivity contribution in [2.24, 2.45) is 0 Å². The second-order valence-corrected chi connectivity index (χ2v) is 6.77. The summed E-state index contributed by atoms with van der Waals surface area (Å²) in [5.41, 5.74) is 2.83. The molecule has 2 aromatic rings. The largest absolute Gasteiger partial charge is 0.480 e. The lowest BCUT2D eigenvalue weighted by Crippen LogP contribution is -2.45. The molecule has 1 aromatic heterocycles. The van der Waals surface area contributed by atoms with Crippen molar-refractivity contribution in [1.82, 2.24) is 20.1 Å². The molecule has 1 saturated heterocycles. The molecule has 1 fully saturated rings. The average Bonchev–Trinajstić information content (AvgIpc) is 2.73. The molecule has 0 atom stereocenters. The first kappa shape index (κ1) is 19.3. The van der Waals surface area contributed by atoms with Gasteiger partial charge in [0.2, 0.25) is 5.88 Å². The van der Waals surface area contributed by atoms with E-state index in [4.69, 9.17) is 4.74 Å². The van der Waals surface area contributed by atoms with Crippen molar-refractivity contribution in [2.75, 3.05) is 39.8 Å². The van der Waals surface area contributed by atoms with E-state index in [9.17, 15) is 4.79 Å². The molecule has 2 heterocycles. The maximum absolute atomic E-state index is 12.3. The van der Waals surface area contributed by atoms with E-state index in [0.717, 1.165) is 44.8 Å². The maximum Gasteiger partial charge on any atom is 0.257 e. The summed E-state index contributed by atoms with van der Waals surface area (Å²) in [7, 11) is 1.51. The van der Waals surface area contributed by atoms with E-state index in [1.165, 1.54) is 12.7 Å². The Balaban J connectivity index is 1.50. The van der Waals surface area contributed by atoms with E-state index in [1.807, 2.05) is 0 Å². The third-order valence-electron chi connectivity index (χ3n) is 5.00. The van der Waals surface area contributed by atoms with E-state index in [0.29, 0.717) is 18.0 Å². The van der Waals surface area contributed by atoms with E-state index in [2.05, 4.69) is 51.3 Å². The number of benzene rings is 1. The van der Waals surface area contributed by atoms with E-state index in [1.54, 1.807) is 18.3 Å². The van der Waals surface area contributed by atoms with Crippen LogP contribution < -0.4 is 10.1 Å². The number of hydrogen-bond acceptors (Lipinski definition) is 5. The number of hydrogen-bond donors (Lipinski definition) is 1. The van der Waals surface area contributed by atoms with Crippen LogP contribution in [0.3, 0.4) is 0 Å². The fraction of sp³-hybridized carbons (Fsp3) is 0.429. The smallest absolute Gasteiger partial charge is 0.257 e. The molecule has 0 spiro atoms. The Morgan fingerprint density at radius 1 is 1.07 bits per heavy atom. The van der Waals surface area contributed by atoms with Crippen molar-refractivity contribution in [3.8, 4) is 5.88 Å². The summed E-state index contributed by atoms with van der Waals surface area (Å²) in [6, 6.07) is 11.9. The van der Waals surface area contributed by atoms with Gasteiger partial charge in [-0.3, -0.25) is 9.69 Å². The number of aromatic nitrogens is 1. The molecule has 1 N–H and O–H groups in total. The van der Waals surface area contributed by atoms with Crippen LogP contribution in [0, 0.1) is 0 Å². The molecule has 1 aromatic carbocycles. The summed E-state index contributed by atoms with van der Waals surface area (Å²) in [5, 5.41) is 2.93. The third kappa shape index (κ3) is 5.28. The van der Waals surface area contributed by atoms with Crippen LogP contribution in [0.2, 0.25) is 0 Å². The first-order valence-electron chi connectivity index (χ1n) is 9.49. The number of methoxy groups -OCH3 is 1. The highest BCUT2D eigenvalue weighted by Gasteiger charge is 2.15. The minimum atomic E-state index is -0.183. The van der Waals surface area contributed by atoms with Crippen LogP contribution in [0.1, 0.15) is 28.4 Å². The zero-order valence-corrected chi connectivity index (χ0v) is 16.1. The Morgan fingerprint density at radius 2 is 1.74 bits per heavy atom. The van der Waals surface area contributed by atoms with Crippen molar-refractivity contribution in [3.05, 3.63) is 59.3 Å². The lowest BCUT2D eigenvalue weighted by molar-refractivity contribution is 0.0947. The van der Waals surface area contributed by atoms with Gasteiger partial charge in [-0.05, 0) is 29.8 Å². The summed E-state index contributed by atoms with van der Waals surface area (Å²) in [5.74, 6) is 0.159. The second kappa shape index (κ2) is 9.48. The minimum Gasteiger partial charge on any atom is -0.480 e. The maximum atomic E-state index is 12.3. The van der Waals surface area contributed by atoms with Gasteiger partial charge in [-0.1, -0.05) is 31.2 Å². The van der Waals surface area contributed by atoms with Gasteiger partial charge in [0.25, 0.3) is 5.91 Å². The van der Waals surface area contributed by atoms with Gasteiger partial charge < -0.3 is 15.0 Å². The van der Waals surface area contributed by atoms with Crippen molar-refractivity contribution >= 4 is 5.91 Å². The number of nitrogens with zero attached hydrogens (tertiary/aromatic N) is 3. The number of carbonyl (C=O) groups is 1. The monoisotopic (exact) mass is 368 g/mol. The minimum absolute atomic E-state index is 0.183. The van der Waals surface area contributed by atoms with Crippen LogP contribution in [0.25, 0.3) is 0 Å². The fourth-order valence-corrected chi connectivity index (χ4v) is 3.29. The predicted octanol–water partition coefficient (Wildman–Crippen LogP) is 2.16. The van der Waals surface area contributed by atoms with Crippen LogP contribution in [0.15, 0.2) is 42.6 Å². The molecule has 1 aliphatic heterocycles. The van der Waals surface area contributed by atoms with Crippen molar-refractivity contribution in [2.45, 2.75) is 20.0 Å². The van der Waals surface area contributed by atoms with Crippen LogP contribution in [0.4, 0.5) is 0 Å².